The van der Waals surface area contributed by atoms with Gasteiger partial charge in [0.1, 0.15) is 0 Å². The summed E-state index contributed by atoms with van der Waals surface area (Å²) >= 11 is 1.42. The van der Waals surface area contributed by atoms with E-state index in [9.17, 15) is 18.3 Å². The van der Waals surface area contributed by atoms with Crippen LogP contribution in [0.4, 0.5) is 13.2 Å². The van der Waals surface area contributed by atoms with E-state index >= 15 is 0 Å². The topological polar surface area (TPSA) is 23.5 Å². The fourth-order valence-electron chi connectivity index (χ4n) is 2.07. The van der Waals surface area contributed by atoms with E-state index in [2.05, 4.69) is 4.90 Å². The minimum absolute atomic E-state index is 0.251. The SMILES string of the molecule is O[C@H]1CCN(CCSc2cccc(C(F)(F)F)c2)C1. The van der Waals surface area contributed by atoms with E-state index in [1.807, 2.05) is 0 Å². The van der Waals surface area contributed by atoms with Crippen molar-refractivity contribution in [2.75, 3.05) is 25.4 Å². The van der Waals surface area contributed by atoms with E-state index in [4.69, 9.17) is 0 Å². The normalized spacial score (nSPS) is 20.9. The molecule has 1 saturated heterocycles. The standard InChI is InChI=1S/C13H16F3NOS/c14-13(15,16)10-2-1-3-12(8-10)19-7-6-17-5-4-11(18)9-17/h1-3,8,11,18H,4-7,9H2/t11-/m0/s1. The van der Waals surface area contributed by atoms with Crippen LogP contribution in [0.1, 0.15) is 12.0 Å². The number of benzene rings is 1. The Morgan fingerprint density at radius 1 is 1.37 bits per heavy atom. The Labute approximate surface area is 114 Å². The highest BCUT2D eigenvalue weighted by Crippen LogP contribution is 2.31. The first kappa shape index (κ1) is 14.7. The molecule has 6 heteroatoms. The highest BCUT2D eigenvalue weighted by molar-refractivity contribution is 7.99. The third-order valence-electron chi connectivity index (χ3n) is 3.09. The summed E-state index contributed by atoms with van der Waals surface area (Å²) in [6, 6.07) is 5.40. The summed E-state index contributed by atoms with van der Waals surface area (Å²) in [6.07, 6.45) is -3.75. The van der Waals surface area contributed by atoms with E-state index in [0.29, 0.717) is 11.4 Å². The highest BCUT2D eigenvalue weighted by atomic mass is 32.2. The van der Waals surface area contributed by atoms with Crippen molar-refractivity contribution in [2.45, 2.75) is 23.6 Å². The molecular weight excluding hydrogens is 275 g/mol. The van der Waals surface area contributed by atoms with E-state index < -0.39 is 11.7 Å². The Morgan fingerprint density at radius 3 is 2.79 bits per heavy atom. The summed E-state index contributed by atoms with van der Waals surface area (Å²) in [5.74, 6) is 0.730. The Bertz CT molecular complexity index is 425. The van der Waals surface area contributed by atoms with Crippen LogP contribution in [-0.2, 0) is 6.18 Å². The molecule has 2 rings (SSSR count). The molecule has 0 unspecified atom stereocenters. The Morgan fingerprint density at radius 2 is 2.16 bits per heavy atom. The molecule has 2 nitrogen and oxygen atoms in total. The van der Waals surface area contributed by atoms with Crippen molar-refractivity contribution in [2.24, 2.45) is 0 Å². The average Bonchev–Trinajstić information content (AvgIpc) is 2.74. The van der Waals surface area contributed by atoms with Crippen molar-refractivity contribution < 1.29 is 18.3 Å². The number of hydrogen-bond acceptors (Lipinski definition) is 3. The number of aliphatic hydroxyl groups excluding tert-OH is 1. The molecule has 0 spiro atoms. The predicted molar refractivity (Wildman–Crippen MR) is 69.2 cm³/mol. The number of rotatable bonds is 4. The summed E-state index contributed by atoms with van der Waals surface area (Å²) in [6.45, 7) is 2.32. The second-order valence-electron chi connectivity index (χ2n) is 4.62. The molecule has 0 aliphatic carbocycles. The predicted octanol–water partition coefficient (Wildman–Crippen LogP) is 2.86. The molecule has 1 atom stereocenters. The molecule has 0 bridgehead atoms. The summed E-state index contributed by atoms with van der Waals surface area (Å²) in [5, 5.41) is 9.37. The van der Waals surface area contributed by atoms with Crippen LogP contribution in [0.2, 0.25) is 0 Å². The largest absolute Gasteiger partial charge is 0.416 e. The molecule has 1 aliphatic rings. The summed E-state index contributed by atoms with van der Waals surface area (Å²) < 4.78 is 37.6. The monoisotopic (exact) mass is 291 g/mol. The number of β-amino-alcohol motifs (C(OH)–C–C–N with tert-alkyl or cyclic N) is 1. The van der Waals surface area contributed by atoms with Crippen LogP contribution in [0.25, 0.3) is 0 Å². The molecule has 1 aromatic rings. The quantitative estimate of drug-likeness (QED) is 0.863. The third-order valence-corrected chi connectivity index (χ3v) is 4.06. The maximum Gasteiger partial charge on any atom is 0.416 e. The lowest BCUT2D eigenvalue weighted by molar-refractivity contribution is -0.137. The van der Waals surface area contributed by atoms with Crippen molar-refractivity contribution in [3.05, 3.63) is 29.8 Å². The number of nitrogens with zero attached hydrogens (tertiary/aromatic N) is 1. The first-order valence-corrected chi connectivity index (χ1v) is 7.14. The summed E-state index contributed by atoms with van der Waals surface area (Å²) in [4.78, 5) is 2.76. The van der Waals surface area contributed by atoms with E-state index in [-0.39, 0.29) is 6.10 Å². The van der Waals surface area contributed by atoms with Crippen LogP contribution in [0.3, 0.4) is 0 Å². The van der Waals surface area contributed by atoms with Gasteiger partial charge in [-0.3, -0.25) is 4.90 Å². The molecule has 0 aromatic heterocycles. The van der Waals surface area contributed by atoms with Gasteiger partial charge in [0.2, 0.25) is 0 Å². The molecule has 0 saturated carbocycles. The molecule has 0 amide bonds. The molecular formula is C13H16F3NOS. The Kier molecular flexibility index (Phi) is 4.76. The number of aliphatic hydroxyl groups is 1. The highest BCUT2D eigenvalue weighted by Gasteiger charge is 2.30. The van der Waals surface area contributed by atoms with E-state index in [1.165, 1.54) is 23.9 Å². The zero-order valence-electron chi connectivity index (χ0n) is 10.4. The number of alkyl halides is 3. The third kappa shape index (κ3) is 4.40. The molecule has 1 fully saturated rings. The van der Waals surface area contributed by atoms with Gasteiger partial charge in [-0.2, -0.15) is 13.2 Å². The lowest BCUT2D eigenvalue weighted by Gasteiger charge is -2.14. The van der Waals surface area contributed by atoms with Crippen LogP contribution in [0.5, 0.6) is 0 Å². The number of hydrogen-bond donors (Lipinski definition) is 1. The smallest absolute Gasteiger partial charge is 0.392 e. The van der Waals surface area contributed by atoms with E-state index in [0.717, 1.165) is 31.3 Å². The minimum atomic E-state index is -4.28. The first-order valence-electron chi connectivity index (χ1n) is 6.15. The number of likely N-dealkylation sites (tertiary alicyclic amines) is 1. The molecule has 1 heterocycles. The van der Waals surface area contributed by atoms with Crippen molar-refractivity contribution in [3.63, 3.8) is 0 Å². The van der Waals surface area contributed by atoms with Gasteiger partial charge in [-0.05, 0) is 24.6 Å². The molecule has 1 aliphatic heterocycles. The van der Waals surface area contributed by atoms with Crippen molar-refractivity contribution in [3.8, 4) is 0 Å². The lowest BCUT2D eigenvalue weighted by Crippen LogP contribution is -2.24. The van der Waals surface area contributed by atoms with Gasteiger partial charge in [-0.25, -0.2) is 0 Å². The van der Waals surface area contributed by atoms with Gasteiger partial charge in [0, 0.05) is 30.3 Å². The van der Waals surface area contributed by atoms with E-state index in [1.54, 1.807) is 6.07 Å². The summed E-state index contributed by atoms with van der Waals surface area (Å²) in [5.41, 5.74) is -0.603. The van der Waals surface area contributed by atoms with Gasteiger partial charge in [-0.15, -0.1) is 11.8 Å². The Balaban J connectivity index is 1.83. The average molecular weight is 291 g/mol. The number of halogens is 3. The molecule has 1 N–H and O–H groups in total. The summed E-state index contributed by atoms with van der Waals surface area (Å²) in [7, 11) is 0. The van der Waals surface area contributed by atoms with Gasteiger partial charge in [0.15, 0.2) is 0 Å². The van der Waals surface area contributed by atoms with Gasteiger partial charge in [-0.1, -0.05) is 6.07 Å². The fourth-order valence-corrected chi connectivity index (χ4v) is 3.04. The zero-order valence-corrected chi connectivity index (χ0v) is 11.2. The van der Waals surface area contributed by atoms with Crippen molar-refractivity contribution in [1.82, 2.24) is 4.90 Å². The van der Waals surface area contributed by atoms with Gasteiger partial charge in [0.05, 0.1) is 11.7 Å². The second kappa shape index (κ2) is 6.15. The van der Waals surface area contributed by atoms with Gasteiger partial charge >= 0.3 is 6.18 Å². The molecule has 106 valence electrons. The first-order chi connectivity index (χ1) is 8.95. The molecule has 0 radical (unpaired) electrons. The minimum Gasteiger partial charge on any atom is -0.392 e. The second-order valence-corrected chi connectivity index (χ2v) is 5.79. The van der Waals surface area contributed by atoms with Crippen LogP contribution in [-0.4, -0.2) is 41.5 Å². The molecule has 1 aromatic carbocycles. The van der Waals surface area contributed by atoms with Gasteiger partial charge in [0.25, 0.3) is 0 Å². The maximum atomic E-state index is 12.5. The fraction of sp³-hybridized carbons (Fsp3) is 0.538. The van der Waals surface area contributed by atoms with Crippen LogP contribution in [0, 0.1) is 0 Å². The van der Waals surface area contributed by atoms with Crippen molar-refractivity contribution in [1.29, 1.82) is 0 Å². The number of thioether (sulfide) groups is 1. The lowest BCUT2D eigenvalue weighted by atomic mass is 10.2. The van der Waals surface area contributed by atoms with Crippen molar-refractivity contribution >= 4 is 11.8 Å². The van der Waals surface area contributed by atoms with Crippen LogP contribution < -0.4 is 0 Å². The van der Waals surface area contributed by atoms with Crippen LogP contribution >= 0.6 is 11.8 Å². The van der Waals surface area contributed by atoms with Gasteiger partial charge < -0.3 is 5.11 Å². The molecule has 19 heavy (non-hydrogen) atoms. The maximum absolute atomic E-state index is 12.5. The van der Waals surface area contributed by atoms with Crippen LogP contribution in [0.15, 0.2) is 29.2 Å². The Hall–Kier alpha value is -0.720. The zero-order chi connectivity index (χ0) is 13.9.